The number of ether oxygens (including phenoxy) is 2. The Hall–Kier alpha value is -3.28. The average molecular weight is 580 g/mol. The van der Waals surface area contributed by atoms with Gasteiger partial charge in [-0.25, -0.2) is 0 Å². The van der Waals surface area contributed by atoms with Crippen molar-refractivity contribution in [2.24, 2.45) is 29.1 Å². The van der Waals surface area contributed by atoms with Gasteiger partial charge in [0.25, 0.3) is 5.91 Å². The molecule has 5 unspecified atom stereocenters. The first-order valence-electron chi connectivity index (χ1n) is 15.8. The number of carboxylic acids is 1. The van der Waals surface area contributed by atoms with E-state index in [0.29, 0.717) is 31.6 Å². The van der Waals surface area contributed by atoms with Crippen LogP contribution in [0.4, 0.5) is 0 Å². The van der Waals surface area contributed by atoms with E-state index in [9.17, 15) is 24.8 Å². The number of methoxy groups -OCH3 is 1. The zero-order valence-corrected chi connectivity index (χ0v) is 25.1. The summed E-state index contributed by atoms with van der Waals surface area (Å²) in [4.78, 5) is 39.0. The molecule has 0 heterocycles. The number of nitriles is 1. The van der Waals surface area contributed by atoms with Crippen molar-refractivity contribution < 1.29 is 29.0 Å². The molecule has 4 aliphatic carbocycles. The normalized spacial score (nSPS) is 31.5. The Bertz CT molecular complexity index is 1230. The molecule has 3 N–H and O–H groups in total. The topological polar surface area (TPSA) is 138 Å². The van der Waals surface area contributed by atoms with Gasteiger partial charge in [-0.3, -0.25) is 14.4 Å². The van der Waals surface area contributed by atoms with Crippen LogP contribution in [0.5, 0.6) is 11.5 Å². The predicted octanol–water partition coefficient (Wildman–Crippen LogP) is 5.21. The van der Waals surface area contributed by atoms with Gasteiger partial charge in [0.1, 0.15) is 17.6 Å². The zero-order chi connectivity index (χ0) is 30.0. The Kier molecular flexibility index (Phi) is 9.00. The van der Waals surface area contributed by atoms with Gasteiger partial charge in [0.2, 0.25) is 5.91 Å². The second kappa shape index (κ2) is 12.5. The number of benzene rings is 1. The minimum absolute atomic E-state index is 0.0482. The lowest BCUT2D eigenvalue weighted by atomic mass is 9.75. The summed E-state index contributed by atoms with van der Waals surface area (Å²) < 4.78 is 11.7. The smallest absolute Gasteiger partial charge is 0.309 e. The number of rotatable bonds is 9. The van der Waals surface area contributed by atoms with Crippen molar-refractivity contribution in [3.63, 3.8) is 0 Å². The molecule has 228 valence electrons. The van der Waals surface area contributed by atoms with Gasteiger partial charge in [-0.1, -0.05) is 19.3 Å². The van der Waals surface area contributed by atoms with Crippen molar-refractivity contribution in [3.05, 3.63) is 23.3 Å². The van der Waals surface area contributed by atoms with Gasteiger partial charge in [-0.15, -0.1) is 0 Å². The molecule has 1 aromatic carbocycles. The van der Waals surface area contributed by atoms with E-state index in [1.807, 2.05) is 0 Å². The summed E-state index contributed by atoms with van der Waals surface area (Å²) in [6, 6.07) is 5.09. The fraction of sp³-hybridized carbons (Fsp3) is 0.697. The van der Waals surface area contributed by atoms with E-state index in [-0.39, 0.29) is 70.4 Å². The first-order chi connectivity index (χ1) is 20.1. The lowest BCUT2D eigenvalue weighted by molar-refractivity contribution is -0.150. The summed E-state index contributed by atoms with van der Waals surface area (Å²) in [6.45, 7) is 3.87. The number of fused-ring (bicyclic) bond motifs is 2. The van der Waals surface area contributed by atoms with Crippen LogP contribution in [0.25, 0.3) is 0 Å². The summed E-state index contributed by atoms with van der Waals surface area (Å²) in [7, 11) is 1.46. The van der Waals surface area contributed by atoms with Gasteiger partial charge in [0.15, 0.2) is 0 Å². The molecule has 4 aliphatic rings. The van der Waals surface area contributed by atoms with Crippen LogP contribution in [0.1, 0.15) is 107 Å². The number of nitrogens with zero attached hydrogens (tertiary/aromatic N) is 1. The Labute approximate surface area is 248 Å². The third-order valence-electron chi connectivity index (χ3n) is 10.8. The second-order valence-electron chi connectivity index (χ2n) is 13.4. The second-order valence-corrected chi connectivity index (χ2v) is 13.4. The molecule has 0 radical (unpaired) electrons. The first-order valence-corrected chi connectivity index (χ1v) is 15.8. The van der Waals surface area contributed by atoms with Crippen molar-refractivity contribution in [3.8, 4) is 17.6 Å². The van der Waals surface area contributed by atoms with E-state index in [4.69, 9.17) is 9.47 Å². The van der Waals surface area contributed by atoms with Gasteiger partial charge in [-0.05, 0) is 95.5 Å². The highest BCUT2D eigenvalue weighted by Crippen LogP contribution is 2.49. The zero-order valence-electron chi connectivity index (χ0n) is 25.1. The number of nitrogens with one attached hydrogen (secondary N) is 2. The molecule has 2 amide bonds. The summed E-state index contributed by atoms with van der Waals surface area (Å²) in [5.74, 6) is 0.227. The maximum Gasteiger partial charge on any atom is 0.309 e. The third kappa shape index (κ3) is 6.09. The highest BCUT2D eigenvalue weighted by atomic mass is 16.5. The molecule has 9 nitrogen and oxygen atoms in total. The number of carbonyl (C=O) groups is 3. The number of hydrogen-bond acceptors (Lipinski definition) is 6. The molecule has 4 fully saturated rings. The highest BCUT2D eigenvalue weighted by molar-refractivity contribution is 5.98. The summed E-state index contributed by atoms with van der Waals surface area (Å²) >= 11 is 0. The predicted molar refractivity (Wildman–Crippen MR) is 156 cm³/mol. The molecular formula is C33H45N3O6. The van der Waals surface area contributed by atoms with Crippen LogP contribution in [-0.2, 0) is 9.59 Å². The third-order valence-corrected chi connectivity index (χ3v) is 10.8. The molecule has 42 heavy (non-hydrogen) atoms. The molecule has 9 heteroatoms. The van der Waals surface area contributed by atoms with Crippen molar-refractivity contribution in [1.29, 1.82) is 5.26 Å². The standard InChI is InChI=1S/C33H45N3O6/c1-19(20-7-5-4-6-8-20)35-31(38)28-21-9-10-22(15-21)29(28)36-30(37)25-17-26(23(18-34)16-27(25)41-3)42-24-11-13-33(2,14-12-24)32(39)40/h16-17,19-22,24,28-29H,4-15H2,1-3H3,(H,35,38)(H,36,37)(H,39,40). The fourth-order valence-electron chi connectivity index (χ4n) is 8.01. The summed E-state index contributed by atoms with van der Waals surface area (Å²) in [5, 5.41) is 25.9. The van der Waals surface area contributed by atoms with Gasteiger partial charge < -0.3 is 25.2 Å². The Morgan fingerprint density at radius 3 is 2.36 bits per heavy atom. The fourth-order valence-corrected chi connectivity index (χ4v) is 8.01. The number of hydrogen-bond donors (Lipinski definition) is 3. The maximum atomic E-state index is 13.8. The molecule has 4 saturated carbocycles. The number of carbonyl (C=O) groups excluding carboxylic acids is 2. The van der Waals surface area contributed by atoms with E-state index in [1.54, 1.807) is 13.0 Å². The molecule has 0 saturated heterocycles. The van der Waals surface area contributed by atoms with Crippen LogP contribution in [0.3, 0.4) is 0 Å². The minimum atomic E-state index is -0.807. The van der Waals surface area contributed by atoms with Gasteiger partial charge in [-0.2, -0.15) is 5.26 Å². The lowest BCUT2D eigenvalue weighted by Crippen LogP contribution is -2.52. The van der Waals surface area contributed by atoms with E-state index in [1.165, 1.54) is 32.4 Å². The van der Waals surface area contributed by atoms with E-state index in [2.05, 4.69) is 23.6 Å². The van der Waals surface area contributed by atoms with E-state index in [0.717, 1.165) is 32.1 Å². The van der Waals surface area contributed by atoms with Crippen molar-refractivity contribution in [2.75, 3.05) is 7.11 Å². The van der Waals surface area contributed by atoms with Crippen LogP contribution < -0.4 is 20.1 Å². The van der Waals surface area contributed by atoms with Crippen molar-refractivity contribution in [1.82, 2.24) is 10.6 Å². The Morgan fingerprint density at radius 1 is 1.02 bits per heavy atom. The van der Waals surface area contributed by atoms with Crippen LogP contribution in [0.2, 0.25) is 0 Å². The summed E-state index contributed by atoms with van der Waals surface area (Å²) in [6.07, 6.45) is 10.8. The quantitative estimate of drug-likeness (QED) is 0.365. The molecule has 2 bridgehead atoms. The molecular weight excluding hydrogens is 534 g/mol. The number of carboxylic acid groups (broad SMARTS) is 1. The largest absolute Gasteiger partial charge is 0.496 e. The van der Waals surface area contributed by atoms with Crippen molar-refractivity contribution in [2.45, 2.75) is 109 Å². The Balaban J connectivity index is 1.30. The SMILES string of the molecule is COc1cc(C#N)c(OC2CCC(C)(C(=O)O)CC2)cc1C(=O)NC1C2CCC(C2)C1C(=O)NC(C)C1CCCCC1. The summed E-state index contributed by atoms with van der Waals surface area (Å²) in [5.41, 5.74) is -0.264. The molecule has 1 aromatic rings. The average Bonchev–Trinajstić information content (AvgIpc) is 3.60. The lowest BCUT2D eigenvalue weighted by Gasteiger charge is -2.34. The first kappa shape index (κ1) is 30.2. The van der Waals surface area contributed by atoms with Gasteiger partial charge >= 0.3 is 5.97 Å². The molecule has 5 atom stereocenters. The van der Waals surface area contributed by atoms with E-state index < -0.39 is 11.4 Å². The molecule has 5 rings (SSSR count). The monoisotopic (exact) mass is 579 g/mol. The molecule has 0 aliphatic heterocycles. The number of aliphatic carboxylic acids is 1. The maximum absolute atomic E-state index is 13.8. The molecule has 0 aromatic heterocycles. The number of amides is 2. The molecule has 0 spiro atoms. The van der Waals surface area contributed by atoms with E-state index >= 15 is 0 Å². The Morgan fingerprint density at radius 2 is 1.71 bits per heavy atom. The van der Waals surface area contributed by atoms with Crippen LogP contribution in [0, 0.1) is 40.4 Å². The van der Waals surface area contributed by atoms with Crippen molar-refractivity contribution >= 4 is 17.8 Å². The highest BCUT2D eigenvalue weighted by Gasteiger charge is 2.52. The van der Waals surface area contributed by atoms with Gasteiger partial charge in [0.05, 0.1) is 35.7 Å². The van der Waals surface area contributed by atoms with Gasteiger partial charge in [0, 0.05) is 18.2 Å². The van der Waals surface area contributed by atoms with Crippen LogP contribution in [0.15, 0.2) is 12.1 Å². The van der Waals surface area contributed by atoms with Crippen LogP contribution >= 0.6 is 0 Å². The minimum Gasteiger partial charge on any atom is -0.496 e. The van der Waals surface area contributed by atoms with Crippen LogP contribution in [-0.4, -0.2) is 48.2 Å².